The number of phenolic OH excluding ortho intramolecular Hbond substituents is 1. The van der Waals surface area contributed by atoms with E-state index in [1.54, 1.807) is 12.1 Å². The predicted octanol–water partition coefficient (Wildman–Crippen LogP) is 3.19. The number of carboxylic acid groups (broad SMARTS) is 1. The van der Waals surface area contributed by atoms with Gasteiger partial charge in [0.05, 0.1) is 5.41 Å². The smallest absolute Gasteiger partial charge is 0.310 e. The highest BCUT2D eigenvalue weighted by molar-refractivity contribution is 5.74. The number of nitrogens with one attached hydrogen (secondary N) is 1. The summed E-state index contributed by atoms with van der Waals surface area (Å²) in [6, 6.07) is 7.48. The molecule has 0 saturated carbocycles. The monoisotopic (exact) mass is 293 g/mol. The first-order valence-corrected chi connectivity index (χ1v) is 7.68. The molecular formula is C17H27NO3. The minimum absolute atomic E-state index is 0.260. The Hall–Kier alpha value is -1.55. The van der Waals surface area contributed by atoms with Gasteiger partial charge >= 0.3 is 5.97 Å². The third-order valence-electron chi connectivity index (χ3n) is 4.40. The van der Waals surface area contributed by atoms with Crippen LogP contribution in [0.4, 0.5) is 0 Å². The molecule has 0 aliphatic carbocycles. The Morgan fingerprint density at radius 3 is 2.29 bits per heavy atom. The minimum atomic E-state index is -0.717. The molecule has 0 aliphatic heterocycles. The van der Waals surface area contributed by atoms with Crippen molar-refractivity contribution in [2.24, 2.45) is 5.41 Å². The molecule has 4 heteroatoms. The molecular weight excluding hydrogens is 266 g/mol. The van der Waals surface area contributed by atoms with Gasteiger partial charge in [-0.2, -0.15) is 0 Å². The van der Waals surface area contributed by atoms with E-state index in [4.69, 9.17) is 0 Å². The number of aryl methyl sites for hydroxylation is 1. The number of aromatic hydroxyl groups is 1. The number of carboxylic acids is 1. The van der Waals surface area contributed by atoms with Gasteiger partial charge in [0.2, 0.25) is 0 Å². The normalized spacial score (nSPS) is 13.1. The van der Waals surface area contributed by atoms with E-state index in [1.807, 2.05) is 26.0 Å². The molecule has 0 radical (unpaired) electrons. The molecule has 1 aromatic rings. The number of phenols is 1. The van der Waals surface area contributed by atoms with Crippen molar-refractivity contribution in [3.8, 4) is 5.75 Å². The summed E-state index contributed by atoms with van der Waals surface area (Å²) in [5.41, 5.74) is 0.518. The Morgan fingerprint density at radius 2 is 1.81 bits per heavy atom. The molecule has 1 rings (SSSR count). The molecule has 1 unspecified atom stereocenters. The van der Waals surface area contributed by atoms with Crippen LogP contribution in [-0.2, 0) is 11.2 Å². The van der Waals surface area contributed by atoms with Crippen LogP contribution in [0.5, 0.6) is 5.75 Å². The summed E-state index contributed by atoms with van der Waals surface area (Å²) < 4.78 is 0. The van der Waals surface area contributed by atoms with E-state index < -0.39 is 11.4 Å². The number of hydrogen-bond acceptors (Lipinski definition) is 3. The van der Waals surface area contributed by atoms with Crippen LogP contribution in [0.25, 0.3) is 0 Å². The zero-order chi connectivity index (χ0) is 15.9. The van der Waals surface area contributed by atoms with Crippen molar-refractivity contribution in [2.75, 3.05) is 6.54 Å². The maximum Gasteiger partial charge on any atom is 0.310 e. The molecule has 0 aliphatic rings. The molecule has 0 amide bonds. The first kappa shape index (κ1) is 17.5. The van der Waals surface area contributed by atoms with Crippen molar-refractivity contribution < 1.29 is 15.0 Å². The lowest BCUT2D eigenvalue weighted by Crippen LogP contribution is -2.43. The van der Waals surface area contributed by atoms with Gasteiger partial charge in [-0.05, 0) is 50.3 Å². The average molecular weight is 293 g/mol. The number of rotatable bonds is 9. The second-order valence-corrected chi connectivity index (χ2v) is 5.78. The Morgan fingerprint density at radius 1 is 1.24 bits per heavy atom. The fraction of sp³-hybridized carbons (Fsp3) is 0.588. The lowest BCUT2D eigenvalue weighted by Gasteiger charge is -2.28. The molecule has 1 atom stereocenters. The first-order chi connectivity index (χ1) is 9.93. The van der Waals surface area contributed by atoms with E-state index in [-0.39, 0.29) is 11.8 Å². The fourth-order valence-corrected chi connectivity index (χ4v) is 2.40. The van der Waals surface area contributed by atoms with Crippen LogP contribution in [0, 0.1) is 5.41 Å². The van der Waals surface area contributed by atoms with E-state index in [0.717, 1.165) is 12.8 Å². The third-order valence-corrected chi connectivity index (χ3v) is 4.40. The lowest BCUT2D eigenvalue weighted by molar-refractivity contribution is -0.149. The zero-order valence-corrected chi connectivity index (χ0v) is 13.2. The van der Waals surface area contributed by atoms with Gasteiger partial charge in [0.25, 0.3) is 0 Å². The van der Waals surface area contributed by atoms with E-state index in [1.165, 1.54) is 5.56 Å². The van der Waals surface area contributed by atoms with Crippen LogP contribution in [0.15, 0.2) is 24.3 Å². The average Bonchev–Trinajstić information content (AvgIpc) is 2.48. The highest BCUT2D eigenvalue weighted by Gasteiger charge is 2.34. The summed E-state index contributed by atoms with van der Waals surface area (Å²) in [7, 11) is 0. The van der Waals surface area contributed by atoms with Gasteiger partial charge in [-0.15, -0.1) is 0 Å². The van der Waals surface area contributed by atoms with Gasteiger partial charge in [0, 0.05) is 12.6 Å². The van der Waals surface area contributed by atoms with Crippen LogP contribution in [0.1, 0.15) is 45.6 Å². The molecule has 1 aromatic carbocycles. The molecule has 0 heterocycles. The fourth-order valence-electron chi connectivity index (χ4n) is 2.40. The van der Waals surface area contributed by atoms with E-state index >= 15 is 0 Å². The largest absolute Gasteiger partial charge is 0.508 e. The van der Waals surface area contributed by atoms with Crippen LogP contribution in [0.3, 0.4) is 0 Å². The standard InChI is InChI=1S/C17H27NO3/c1-4-17(5-2,16(20)21)12-18-13(3)6-7-14-8-10-15(19)11-9-14/h8-11,13,18-19H,4-7,12H2,1-3H3,(H,20,21). The van der Waals surface area contributed by atoms with Gasteiger partial charge in [-0.1, -0.05) is 26.0 Å². The van der Waals surface area contributed by atoms with Crippen molar-refractivity contribution in [1.29, 1.82) is 0 Å². The molecule has 0 aromatic heterocycles. The van der Waals surface area contributed by atoms with E-state index in [0.29, 0.717) is 19.4 Å². The Kier molecular flexibility index (Phi) is 6.69. The highest BCUT2D eigenvalue weighted by atomic mass is 16.4. The quantitative estimate of drug-likeness (QED) is 0.654. The minimum Gasteiger partial charge on any atom is -0.508 e. The maximum atomic E-state index is 11.4. The summed E-state index contributed by atoms with van der Waals surface area (Å²) in [6.07, 6.45) is 3.12. The number of benzene rings is 1. The topological polar surface area (TPSA) is 69.6 Å². The van der Waals surface area contributed by atoms with Crippen molar-refractivity contribution in [3.05, 3.63) is 29.8 Å². The number of hydrogen-bond donors (Lipinski definition) is 3. The van der Waals surface area contributed by atoms with Crippen LogP contribution >= 0.6 is 0 Å². The second kappa shape index (κ2) is 8.03. The molecule has 0 spiro atoms. The Labute approximate surface area is 127 Å². The van der Waals surface area contributed by atoms with Crippen LogP contribution < -0.4 is 5.32 Å². The van der Waals surface area contributed by atoms with Gasteiger partial charge in [-0.25, -0.2) is 0 Å². The first-order valence-electron chi connectivity index (χ1n) is 7.68. The van der Waals surface area contributed by atoms with Crippen molar-refractivity contribution in [2.45, 2.75) is 52.5 Å². The zero-order valence-electron chi connectivity index (χ0n) is 13.2. The van der Waals surface area contributed by atoms with Gasteiger partial charge in [0.1, 0.15) is 5.75 Å². The van der Waals surface area contributed by atoms with E-state index in [2.05, 4.69) is 12.2 Å². The van der Waals surface area contributed by atoms with Crippen molar-refractivity contribution in [3.63, 3.8) is 0 Å². The molecule has 4 nitrogen and oxygen atoms in total. The number of carbonyl (C=O) groups is 1. The second-order valence-electron chi connectivity index (χ2n) is 5.78. The van der Waals surface area contributed by atoms with Gasteiger partial charge in [-0.3, -0.25) is 4.79 Å². The number of aliphatic carboxylic acids is 1. The molecule has 3 N–H and O–H groups in total. The predicted molar refractivity (Wildman–Crippen MR) is 84.5 cm³/mol. The van der Waals surface area contributed by atoms with Crippen molar-refractivity contribution in [1.82, 2.24) is 5.32 Å². The molecule has 21 heavy (non-hydrogen) atoms. The SMILES string of the molecule is CCC(CC)(CNC(C)CCc1ccc(O)cc1)C(=O)O. The summed E-state index contributed by atoms with van der Waals surface area (Å²) in [5.74, 6) is -0.437. The van der Waals surface area contributed by atoms with Crippen LogP contribution in [-0.4, -0.2) is 28.8 Å². The molecule has 0 fully saturated rings. The lowest BCUT2D eigenvalue weighted by atomic mass is 9.82. The third kappa shape index (κ3) is 5.05. The highest BCUT2D eigenvalue weighted by Crippen LogP contribution is 2.26. The summed E-state index contributed by atoms with van der Waals surface area (Å²) in [6.45, 7) is 6.45. The van der Waals surface area contributed by atoms with Crippen molar-refractivity contribution >= 4 is 5.97 Å². The Bertz CT molecular complexity index is 438. The van der Waals surface area contributed by atoms with Gasteiger partial charge in [0.15, 0.2) is 0 Å². The van der Waals surface area contributed by atoms with E-state index in [9.17, 15) is 15.0 Å². The van der Waals surface area contributed by atoms with Gasteiger partial charge < -0.3 is 15.5 Å². The summed E-state index contributed by atoms with van der Waals surface area (Å²) in [4.78, 5) is 11.4. The molecule has 118 valence electrons. The Balaban J connectivity index is 2.44. The molecule has 0 saturated heterocycles. The summed E-state index contributed by atoms with van der Waals surface area (Å²) in [5, 5.41) is 22.0. The maximum absolute atomic E-state index is 11.4. The molecule has 0 bridgehead atoms. The van der Waals surface area contributed by atoms with Crippen LogP contribution in [0.2, 0.25) is 0 Å². The summed E-state index contributed by atoms with van der Waals surface area (Å²) >= 11 is 0.